The van der Waals surface area contributed by atoms with Crippen molar-refractivity contribution >= 4 is 23.1 Å². The third kappa shape index (κ3) is 2.02. The fraction of sp³-hybridized carbons (Fsp3) is 0.182. The molecule has 0 fully saturated rings. The summed E-state index contributed by atoms with van der Waals surface area (Å²) in [4.78, 5) is 10.3. The van der Waals surface area contributed by atoms with Crippen LogP contribution in [-0.2, 0) is 0 Å². The Hall–Kier alpha value is -2.08. The Morgan fingerprint density at radius 1 is 1.39 bits per heavy atom. The summed E-state index contributed by atoms with van der Waals surface area (Å²) < 4.78 is 1.61. The molecular formula is C11H11ClN4O2. The molecule has 0 aliphatic heterocycles. The van der Waals surface area contributed by atoms with Crippen LogP contribution in [-0.4, -0.2) is 14.7 Å². The highest BCUT2D eigenvalue weighted by molar-refractivity contribution is 6.32. The van der Waals surface area contributed by atoms with Gasteiger partial charge in [0, 0.05) is 17.8 Å². The number of nitrogen functional groups attached to an aromatic ring is 1. The molecule has 2 N–H and O–H groups in total. The molecule has 0 bridgehead atoms. The van der Waals surface area contributed by atoms with Gasteiger partial charge in [-0.15, -0.1) is 0 Å². The molecule has 18 heavy (non-hydrogen) atoms. The van der Waals surface area contributed by atoms with Crippen molar-refractivity contribution in [2.45, 2.75) is 13.8 Å². The molecule has 0 aliphatic rings. The van der Waals surface area contributed by atoms with Crippen LogP contribution in [0.5, 0.6) is 0 Å². The minimum absolute atomic E-state index is 0.0778. The van der Waals surface area contributed by atoms with Crippen molar-refractivity contribution in [3.63, 3.8) is 0 Å². The standard InChI is InChI=1S/C11H11ClN4O2/c1-6-3-10(16(17)18)8(12)5-9(6)15-7(2)4-11(13)14-15/h3-5H,1-2H3,(H2,13,14). The number of nitro groups is 1. The van der Waals surface area contributed by atoms with E-state index in [4.69, 9.17) is 17.3 Å². The predicted molar refractivity (Wildman–Crippen MR) is 69.1 cm³/mol. The zero-order valence-corrected chi connectivity index (χ0v) is 10.6. The van der Waals surface area contributed by atoms with Gasteiger partial charge in [0.2, 0.25) is 0 Å². The van der Waals surface area contributed by atoms with Crippen LogP contribution in [0.25, 0.3) is 5.69 Å². The molecule has 0 unspecified atom stereocenters. The van der Waals surface area contributed by atoms with E-state index in [-0.39, 0.29) is 10.7 Å². The lowest BCUT2D eigenvalue weighted by Crippen LogP contribution is -2.03. The molecule has 2 aromatic rings. The summed E-state index contributed by atoms with van der Waals surface area (Å²) in [6.45, 7) is 3.61. The topological polar surface area (TPSA) is 87.0 Å². The summed E-state index contributed by atoms with van der Waals surface area (Å²) in [6, 6.07) is 4.66. The second kappa shape index (κ2) is 4.30. The van der Waals surface area contributed by atoms with Crippen molar-refractivity contribution in [1.29, 1.82) is 0 Å². The number of rotatable bonds is 2. The van der Waals surface area contributed by atoms with E-state index in [1.807, 2.05) is 6.92 Å². The van der Waals surface area contributed by atoms with Crippen LogP contribution in [0.15, 0.2) is 18.2 Å². The number of nitrogens with two attached hydrogens (primary N) is 1. The van der Waals surface area contributed by atoms with E-state index in [1.54, 1.807) is 17.7 Å². The van der Waals surface area contributed by atoms with Gasteiger partial charge in [0.15, 0.2) is 0 Å². The quantitative estimate of drug-likeness (QED) is 0.669. The third-order valence-corrected chi connectivity index (χ3v) is 2.90. The molecule has 7 heteroatoms. The highest BCUT2D eigenvalue weighted by atomic mass is 35.5. The number of nitrogens with zero attached hydrogens (tertiary/aromatic N) is 3. The first kappa shape index (κ1) is 12.4. The second-order valence-corrected chi connectivity index (χ2v) is 4.38. The van der Waals surface area contributed by atoms with Crippen LogP contribution < -0.4 is 5.73 Å². The largest absolute Gasteiger partial charge is 0.382 e. The average molecular weight is 267 g/mol. The fourth-order valence-electron chi connectivity index (χ4n) is 1.77. The summed E-state index contributed by atoms with van der Waals surface area (Å²) in [7, 11) is 0. The van der Waals surface area contributed by atoms with Crippen LogP contribution in [0.4, 0.5) is 11.5 Å². The number of aromatic nitrogens is 2. The Labute approximate surface area is 108 Å². The first-order valence-electron chi connectivity index (χ1n) is 5.17. The number of anilines is 1. The van der Waals surface area contributed by atoms with Crippen molar-refractivity contribution < 1.29 is 4.92 Å². The first-order valence-corrected chi connectivity index (χ1v) is 5.55. The SMILES string of the molecule is Cc1cc([N+](=O)[O-])c(Cl)cc1-n1nc(N)cc1C. The number of aryl methyl sites for hydroxylation is 2. The maximum atomic E-state index is 10.8. The first-order chi connectivity index (χ1) is 8.40. The van der Waals surface area contributed by atoms with E-state index in [0.29, 0.717) is 17.1 Å². The molecule has 1 heterocycles. The van der Waals surface area contributed by atoms with Gasteiger partial charge in [-0.25, -0.2) is 4.68 Å². The molecule has 0 radical (unpaired) electrons. The van der Waals surface area contributed by atoms with Crippen LogP contribution in [0.3, 0.4) is 0 Å². The van der Waals surface area contributed by atoms with Gasteiger partial charge in [0.1, 0.15) is 10.8 Å². The van der Waals surface area contributed by atoms with Crippen molar-refractivity contribution in [3.05, 3.63) is 44.6 Å². The van der Waals surface area contributed by atoms with E-state index in [1.165, 1.54) is 12.1 Å². The highest BCUT2D eigenvalue weighted by Crippen LogP contribution is 2.30. The number of nitro benzene ring substituents is 1. The highest BCUT2D eigenvalue weighted by Gasteiger charge is 2.17. The van der Waals surface area contributed by atoms with Crippen molar-refractivity contribution in [1.82, 2.24) is 9.78 Å². The Bertz CT molecular complexity index is 636. The van der Waals surface area contributed by atoms with Crippen molar-refractivity contribution in [2.75, 3.05) is 5.73 Å². The summed E-state index contributed by atoms with van der Waals surface area (Å²) in [5.41, 5.74) is 7.71. The van der Waals surface area contributed by atoms with Crippen LogP contribution in [0.1, 0.15) is 11.3 Å². The van der Waals surface area contributed by atoms with Gasteiger partial charge in [-0.3, -0.25) is 10.1 Å². The minimum atomic E-state index is -0.510. The van der Waals surface area contributed by atoms with Gasteiger partial charge in [0.25, 0.3) is 5.69 Å². The van der Waals surface area contributed by atoms with Gasteiger partial charge in [-0.1, -0.05) is 11.6 Å². The Balaban J connectivity index is 2.63. The molecule has 0 atom stereocenters. The van der Waals surface area contributed by atoms with Crippen molar-refractivity contribution in [2.24, 2.45) is 0 Å². The average Bonchev–Trinajstić information content (AvgIpc) is 2.60. The lowest BCUT2D eigenvalue weighted by Gasteiger charge is -2.08. The smallest absolute Gasteiger partial charge is 0.288 e. The zero-order chi connectivity index (χ0) is 13.4. The Kier molecular flexibility index (Phi) is 2.96. The van der Waals surface area contributed by atoms with E-state index in [2.05, 4.69) is 5.10 Å². The lowest BCUT2D eigenvalue weighted by molar-refractivity contribution is -0.384. The predicted octanol–water partition coefficient (Wildman–Crippen LogP) is 2.63. The molecular weight excluding hydrogens is 256 g/mol. The summed E-state index contributed by atoms with van der Waals surface area (Å²) in [6.07, 6.45) is 0. The molecule has 1 aromatic carbocycles. The molecule has 0 amide bonds. The van der Waals surface area contributed by atoms with E-state index < -0.39 is 4.92 Å². The molecule has 0 spiro atoms. The lowest BCUT2D eigenvalue weighted by atomic mass is 10.1. The summed E-state index contributed by atoms with van der Waals surface area (Å²) >= 11 is 5.89. The van der Waals surface area contributed by atoms with Crippen molar-refractivity contribution in [3.8, 4) is 5.69 Å². The molecule has 0 saturated heterocycles. The van der Waals surface area contributed by atoms with Gasteiger partial charge < -0.3 is 5.73 Å². The second-order valence-electron chi connectivity index (χ2n) is 3.97. The van der Waals surface area contributed by atoms with Crippen LogP contribution in [0.2, 0.25) is 5.02 Å². The molecule has 0 saturated carbocycles. The van der Waals surface area contributed by atoms with E-state index >= 15 is 0 Å². The maximum absolute atomic E-state index is 10.8. The normalized spacial score (nSPS) is 10.6. The van der Waals surface area contributed by atoms with Gasteiger partial charge >= 0.3 is 0 Å². The van der Waals surface area contributed by atoms with Gasteiger partial charge in [-0.2, -0.15) is 5.10 Å². The molecule has 1 aromatic heterocycles. The maximum Gasteiger partial charge on any atom is 0.288 e. The fourth-order valence-corrected chi connectivity index (χ4v) is 1.99. The minimum Gasteiger partial charge on any atom is -0.382 e. The van der Waals surface area contributed by atoms with Crippen LogP contribution in [0, 0.1) is 24.0 Å². The number of hydrogen-bond donors (Lipinski definition) is 1. The third-order valence-electron chi connectivity index (χ3n) is 2.60. The monoisotopic (exact) mass is 266 g/mol. The van der Waals surface area contributed by atoms with Gasteiger partial charge in [0.05, 0.1) is 10.6 Å². The summed E-state index contributed by atoms with van der Waals surface area (Å²) in [5.74, 6) is 0.390. The van der Waals surface area contributed by atoms with Gasteiger partial charge in [-0.05, 0) is 25.5 Å². The number of halogens is 1. The molecule has 2 rings (SSSR count). The Morgan fingerprint density at radius 2 is 2.06 bits per heavy atom. The Morgan fingerprint density at radius 3 is 2.56 bits per heavy atom. The number of benzene rings is 1. The molecule has 6 nitrogen and oxygen atoms in total. The van der Waals surface area contributed by atoms with E-state index in [9.17, 15) is 10.1 Å². The molecule has 94 valence electrons. The summed E-state index contributed by atoms with van der Waals surface area (Å²) in [5, 5.41) is 15.0. The molecule has 0 aliphatic carbocycles. The zero-order valence-electron chi connectivity index (χ0n) is 9.85. The van der Waals surface area contributed by atoms with Crippen LogP contribution >= 0.6 is 11.6 Å². The van der Waals surface area contributed by atoms with E-state index in [0.717, 1.165) is 5.69 Å². The number of hydrogen-bond acceptors (Lipinski definition) is 4.